The molecule has 1 aliphatic rings. The number of nitrogens with one attached hydrogen (secondary N) is 2. The summed E-state index contributed by atoms with van der Waals surface area (Å²) in [5, 5.41) is 19.5. The van der Waals surface area contributed by atoms with E-state index in [2.05, 4.69) is 39.8 Å². The molecule has 1 fully saturated rings. The quantitative estimate of drug-likeness (QED) is 0.572. The van der Waals surface area contributed by atoms with Gasteiger partial charge in [-0.2, -0.15) is 0 Å². The van der Waals surface area contributed by atoms with Crippen molar-refractivity contribution in [1.29, 1.82) is 0 Å². The van der Waals surface area contributed by atoms with Crippen LogP contribution >= 0.6 is 0 Å². The van der Waals surface area contributed by atoms with E-state index in [1.54, 1.807) is 0 Å². The Bertz CT molecular complexity index is 750. The molecular formula is C19H31N7O. The molecule has 0 atom stereocenters. The van der Waals surface area contributed by atoms with Crippen LogP contribution in [0.5, 0.6) is 0 Å². The van der Waals surface area contributed by atoms with Crippen molar-refractivity contribution >= 4 is 5.96 Å². The van der Waals surface area contributed by atoms with E-state index in [0.29, 0.717) is 19.1 Å². The normalized spacial score (nSPS) is 15.5. The molecule has 8 heteroatoms. The molecule has 0 aliphatic heterocycles. The van der Waals surface area contributed by atoms with E-state index >= 15 is 0 Å². The third-order valence-electron chi connectivity index (χ3n) is 5.29. The molecular weight excluding hydrogens is 342 g/mol. The van der Waals surface area contributed by atoms with Crippen LogP contribution < -0.4 is 10.6 Å². The molecule has 148 valence electrons. The molecule has 0 saturated heterocycles. The SMILES string of the molecule is CCc1noc(CC)c1CN=C(NCc1nnc(C)n1C)NC1CCCC1. The maximum atomic E-state index is 5.47. The number of hydrogen-bond donors (Lipinski definition) is 2. The number of aromatic nitrogens is 4. The van der Waals surface area contributed by atoms with Gasteiger partial charge in [-0.05, 0) is 26.2 Å². The summed E-state index contributed by atoms with van der Waals surface area (Å²) in [5.74, 6) is 3.54. The second-order valence-electron chi connectivity index (χ2n) is 7.10. The lowest BCUT2D eigenvalue weighted by atomic mass is 10.1. The minimum absolute atomic E-state index is 0.483. The van der Waals surface area contributed by atoms with Gasteiger partial charge >= 0.3 is 0 Å². The molecule has 1 saturated carbocycles. The fraction of sp³-hybridized carbons (Fsp3) is 0.684. The molecule has 2 aromatic heterocycles. The Balaban J connectivity index is 1.73. The van der Waals surface area contributed by atoms with Gasteiger partial charge < -0.3 is 19.7 Å². The Hall–Kier alpha value is -2.38. The number of nitrogens with zero attached hydrogens (tertiary/aromatic N) is 5. The van der Waals surface area contributed by atoms with Gasteiger partial charge in [0, 0.05) is 25.1 Å². The molecule has 0 bridgehead atoms. The predicted molar refractivity (Wildman–Crippen MR) is 104 cm³/mol. The van der Waals surface area contributed by atoms with Gasteiger partial charge in [0.25, 0.3) is 0 Å². The fourth-order valence-electron chi connectivity index (χ4n) is 3.46. The first kappa shape index (κ1) is 19.4. The third kappa shape index (κ3) is 4.67. The van der Waals surface area contributed by atoms with E-state index < -0.39 is 0 Å². The topological polar surface area (TPSA) is 93.2 Å². The fourth-order valence-corrected chi connectivity index (χ4v) is 3.46. The van der Waals surface area contributed by atoms with Gasteiger partial charge in [-0.25, -0.2) is 4.99 Å². The standard InChI is InChI=1S/C19H31N7O/c1-5-16-15(17(6-2)27-25-16)11-20-19(22-14-9-7-8-10-14)21-12-18-24-23-13(3)26(18)4/h14H,5-12H2,1-4H3,(H2,20,21,22). The minimum Gasteiger partial charge on any atom is -0.361 e. The second-order valence-corrected chi connectivity index (χ2v) is 7.10. The Morgan fingerprint density at radius 2 is 2.00 bits per heavy atom. The summed E-state index contributed by atoms with van der Waals surface area (Å²) in [7, 11) is 1.98. The average molecular weight is 374 g/mol. The summed E-state index contributed by atoms with van der Waals surface area (Å²) >= 11 is 0. The van der Waals surface area contributed by atoms with Crippen LogP contribution in [0.4, 0.5) is 0 Å². The highest BCUT2D eigenvalue weighted by atomic mass is 16.5. The van der Waals surface area contributed by atoms with Gasteiger partial charge in [0.05, 0.1) is 18.8 Å². The number of aryl methyl sites for hydroxylation is 3. The van der Waals surface area contributed by atoms with E-state index in [9.17, 15) is 0 Å². The van der Waals surface area contributed by atoms with Crippen LogP contribution in [-0.2, 0) is 33.0 Å². The lowest BCUT2D eigenvalue weighted by Crippen LogP contribution is -2.42. The van der Waals surface area contributed by atoms with E-state index in [1.165, 1.54) is 25.7 Å². The van der Waals surface area contributed by atoms with Gasteiger partial charge in [0.15, 0.2) is 11.8 Å². The van der Waals surface area contributed by atoms with Crippen LogP contribution in [0.2, 0.25) is 0 Å². The number of hydrogen-bond acceptors (Lipinski definition) is 5. The highest BCUT2D eigenvalue weighted by Gasteiger charge is 2.18. The molecule has 0 amide bonds. The molecule has 2 N–H and O–H groups in total. The zero-order valence-corrected chi connectivity index (χ0v) is 16.9. The lowest BCUT2D eigenvalue weighted by molar-refractivity contribution is 0.380. The molecule has 8 nitrogen and oxygen atoms in total. The van der Waals surface area contributed by atoms with Crippen molar-refractivity contribution in [2.24, 2.45) is 12.0 Å². The zero-order valence-electron chi connectivity index (χ0n) is 16.9. The predicted octanol–water partition coefficient (Wildman–Crippen LogP) is 2.41. The van der Waals surface area contributed by atoms with Gasteiger partial charge in [0.2, 0.25) is 0 Å². The Morgan fingerprint density at radius 1 is 1.22 bits per heavy atom. The van der Waals surface area contributed by atoms with Crippen molar-refractivity contribution in [3.05, 3.63) is 28.7 Å². The van der Waals surface area contributed by atoms with Crippen molar-refractivity contribution < 1.29 is 4.52 Å². The van der Waals surface area contributed by atoms with Crippen LogP contribution in [0.1, 0.15) is 68.2 Å². The molecule has 0 unspecified atom stereocenters. The van der Waals surface area contributed by atoms with Crippen molar-refractivity contribution in [1.82, 2.24) is 30.6 Å². The van der Waals surface area contributed by atoms with Crippen molar-refractivity contribution in [2.45, 2.75) is 78.4 Å². The molecule has 1 aliphatic carbocycles. The van der Waals surface area contributed by atoms with Crippen LogP contribution in [0.25, 0.3) is 0 Å². The van der Waals surface area contributed by atoms with E-state index in [-0.39, 0.29) is 0 Å². The third-order valence-corrected chi connectivity index (χ3v) is 5.29. The maximum absolute atomic E-state index is 5.47. The zero-order chi connectivity index (χ0) is 19.2. The summed E-state index contributed by atoms with van der Waals surface area (Å²) < 4.78 is 7.46. The molecule has 0 aromatic carbocycles. The smallest absolute Gasteiger partial charge is 0.192 e. The average Bonchev–Trinajstić information content (AvgIpc) is 3.39. The highest BCUT2D eigenvalue weighted by Crippen LogP contribution is 2.19. The number of rotatable bonds is 7. The van der Waals surface area contributed by atoms with Crippen molar-refractivity contribution in [3.63, 3.8) is 0 Å². The Morgan fingerprint density at radius 3 is 2.63 bits per heavy atom. The molecule has 2 heterocycles. The monoisotopic (exact) mass is 373 g/mol. The molecule has 2 aromatic rings. The molecule has 0 spiro atoms. The molecule has 0 radical (unpaired) electrons. The van der Waals surface area contributed by atoms with Crippen LogP contribution in [0, 0.1) is 6.92 Å². The first-order chi connectivity index (χ1) is 13.1. The Kier molecular flexibility index (Phi) is 6.47. The largest absolute Gasteiger partial charge is 0.361 e. The Labute approximate surface area is 160 Å². The van der Waals surface area contributed by atoms with E-state index in [1.807, 2.05) is 18.5 Å². The van der Waals surface area contributed by atoms with Crippen molar-refractivity contribution in [3.8, 4) is 0 Å². The van der Waals surface area contributed by atoms with Crippen LogP contribution in [0.3, 0.4) is 0 Å². The number of guanidine groups is 1. The summed E-state index contributed by atoms with van der Waals surface area (Å²) in [6, 6.07) is 0.483. The first-order valence-corrected chi connectivity index (χ1v) is 9.98. The first-order valence-electron chi connectivity index (χ1n) is 9.98. The van der Waals surface area contributed by atoms with Crippen molar-refractivity contribution in [2.75, 3.05) is 0 Å². The number of aliphatic imine (C=N–C) groups is 1. The second kappa shape index (κ2) is 9.01. The van der Waals surface area contributed by atoms with E-state index in [4.69, 9.17) is 9.52 Å². The molecule has 3 rings (SSSR count). The minimum atomic E-state index is 0.483. The lowest BCUT2D eigenvalue weighted by Gasteiger charge is -2.17. The van der Waals surface area contributed by atoms with E-state index in [0.717, 1.165) is 47.5 Å². The maximum Gasteiger partial charge on any atom is 0.192 e. The van der Waals surface area contributed by atoms with Gasteiger partial charge in [-0.1, -0.05) is 31.8 Å². The summed E-state index contributed by atoms with van der Waals surface area (Å²) in [4.78, 5) is 4.84. The summed E-state index contributed by atoms with van der Waals surface area (Å²) in [5.41, 5.74) is 2.11. The summed E-state index contributed by atoms with van der Waals surface area (Å²) in [6.07, 6.45) is 6.62. The van der Waals surface area contributed by atoms with Gasteiger partial charge in [-0.15, -0.1) is 10.2 Å². The van der Waals surface area contributed by atoms with Gasteiger partial charge in [-0.3, -0.25) is 0 Å². The van der Waals surface area contributed by atoms with Gasteiger partial charge in [0.1, 0.15) is 11.6 Å². The van der Waals surface area contributed by atoms with Crippen LogP contribution in [-0.4, -0.2) is 31.9 Å². The molecule has 27 heavy (non-hydrogen) atoms. The highest BCUT2D eigenvalue weighted by molar-refractivity contribution is 5.80. The summed E-state index contributed by atoms with van der Waals surface area (Å²) in [6.45, 7) is 7.28. The van der Waals surface area contributed by atoms with Crippen LogP contribution in [0.15, 0.2) is 9.52 Å².